The van der Waals surface area contributed by atoms with Gasteiger partial charge in [-0.25, -0.2) is 0 Å². The van der Waals surface area contributed by atoms with Crippen LogP contribution in [-0.4, -0.2) is 27.8 Å². The Morgan fingerprint density at radius 2 is 1.85 bits per heavy atom. The second-order valence-electron chi connectivity index (χ2n) is 5.78. The Hall–Kier alpha value is -2.51. The molecule has 0 aliphatic rings. The molecule has 0 saturated carbocycles. The fourth-order valence-electron chi connectivity index (χ4n) is 2.36. The number of nitrogens with zero attached hydrogens (tertiary/aromatic N) is 3. The third-order valence-electron chi connectivity index (χ3n) is 3.97. The monoisotopic (exact) mass is 402 g/mol. The van der Waals surface area contributed by atoms with E-state index in [2.05, 4.69) is 15.5 Å². The van der Waals surface area contributed by atoms with Crippen molar-refractivity contribution in [2.75, 3.05) is 7.11 Å². The molecule has 1 amide bonds. The molecule has 1 heterocycles. The van der Waals surface area contributed by atoms with Crippen LogP contribution in [0.2, 0.25) is 5.02 Å². The first-order valence-electron chi connectivity index (χ1n) is 8.24. The Balaban J connectivity index is 1.56. The fourth-order valence-corrected chi connectivity index (χ4v) is 3.37. The van der Waals surface area contributed by atoms with Crippen LogP contribution in [0.3, 0.4) is 0 Å². The van der Waals surface area contributed by atoms with Gasteiger partial charge in [-0.05, 0) is 42.0 Å². The molecule has 1 N–H and O–H groups in total. The van der Waals surface area contributed by atoms with Gasteiger partial charge in [0.2, 0.25) is 0 Å². The molecular formula is C19H19ClN4O2S. The van der Waals surface area contributed by atoms with Gasteiger partial charge in [0.05, 0.1) is 13.7 Å². The van der Waals surface area contributed by atoms with Gasteiger partial charge in [-0.2, -0.15) is 0 Å². The number of amides is 1. The molecule has 0 spiro atoms. The smallest absolute Gasteiger partial charge is 0.251 e. The number of methoxy groups -OCH3 is 1. The van der Waals surface area contributed by atoms with Crippen LogP contribution in [0.25, 0.3) is 0 Å². The summed E-state index contributed by atoms with van der Waals surface area (Å²) in [6, 6.07) is 14.7. The lowest BCUT2D eigenvalue weighted by molar-refractivity contribution is 0.0949. The lowest BCUT2D eigenvalue weighted by Crippen LogP contribution is -2.24. The third-order valence-corrected chi connectivity index (χ3v) is 5.31. The largest absolute Gasteiger partial charge is 0.497 e. The van der Waals surface area contributed by atoms with Crippen LogP contribution in [0.1, 0.15) is 21.7 Å². The number of halogens is 1. The highest BCUT2D eigenvalue weighted by Crippen LogP contribution is 2.22. The number of carbonyl (C=O) groups is 1. The van der Waals surface area contributed by atoms with Gasteiger partial charge in [0, 0.05) is 23.4 Å². The molecule has 2 aromatic carbocycles. The molecule has 3 aromatic rings. The molecule has 0 saturated heterocycles. The molecule has 0 atom stereocenters. The normalized spacial score (nSPS) is 10.6. The Morgan fingerprint density at radius 3 is 2.52 bits per heavy atom. The molecule has 0 aliphatic carbocycles. The summed E-state index contributed by atoms with van der Waals surface area (Å²) in [5.74, 6) is 2.00. The standard InChI is InChI=1S/C19H19ClN4O2S/c1-24-17(11-21-18(25)14-5-9-16(26-2)10-6-14)22-23-19(24)27-12-13-3-7-15(20)8-4-13/h3-10H,11-12H2,1-2H3,(H,21,25). The first kappa shape index (κ1) is 19.3. The number of aromatic nitrogens is 3. The van der Waals surface area contributed by atoms with E-state index in [1.165, 1.54) is 0 Å². The number of carbonyl (C=O) groups excluding carboxylic acids is 1. The highest BCUT2D eigenvalue weighted by molar-refractivity contribution is 7.98. The van der Waals surface area contributed by atoms with Gasteiger partial charge >= 0.3 is 0 Å². The van der Waals surface area contributed by atoms with Crippen LogP contribution < -0.4 is 10.1 Å². The highest BCUT2D eigenvalue weighted by Gasteiger charge is 2.12. The molecule has 3 rings (SSSR count). The van der Waals surface area contributed by atoms with Crippen LogP contribution in [-0.2, 0) is 19.3 Å². The third kappa shape index (κ3) is 5.02. The van der Waals surface area contributed by atoms with E-state index in [1.807, 2.05) is 35.9 Å². The Labute approximate surface area is 166 Å². The van der Waals surface area contributed by atoms with Crippen LogP contribution in [0.4, 0.5) is 0 Å². The summed E-state index contributed by atoms with van der Waals surface area (Å²) < 4.78 is 6.98. The van der Waals surface area contributed by atoms with Crippen molar-refractivity contribution in [1.29, 1.82) is 0 Å². The summed E-state index contributed by atoms with van der Waals surface area (Å²) in [4.78, 5) is 12.2. The molecule has 1 aromatic heterocycles. The molecule has 0 fully saturated rings. The predicted octanol–water partition coefficient (Wildman–Crippen LogP) is 3.70. The number of thioether (sulfide) groups is 1. The van der Waals surface area contributed by atoms with E-state index in [9.17, 15) is 4.79 Å². The second kappa shape index (κ2) is 8.92. The highest BCUT2D eigenvalue weighted by atomic mass is 35.5. The Morgan fingerprint density at radius 1 is 1.15 bits per heavy atom. The number of nitrogens with one attached hydrogen (secondary N) is 1. The maximum atomic E-state index is 12.2. The van der Waals surface area contributed by atoms with Crippen molar-refractivity contribution in [2.24, 2.45) is 7.05 Å². The SMILES string of the molecule is COc1ccc(C(=O)NCc2nnc(SCc3ccc(Cl)cc3)n2C)cc1. The first-order valence-corrected chi connectivity index (χ1v) is 9.61. The van der Waals surface area contributed by atoms with E-state index in [0.29, 0.717) is 23.7 Å². The number of hydrogen-bond donors (Lipinski definition) is 1. The van der Waals surface area contributed by atoms with E-state index in [-0.39, 0.29) is 5.91 Å². The molecule has 8 heteroatoms. The van der Waals surface area contributed by atoms with Crippen molar-refractivity contribution in [2.45, 2.75) is 17.5 Å². The average Bonchev–Trinajstić information content (AvgIpc) is 3.05. The van der Waals surface area contributed by atoms with Crippen LogP contribution in [0, 0.1) is 0 Å². The van der Waals surface area contributed by atoms with Gasteiger partial charge in [0.25, 0.3) is 5.91 Å². The molecule has 6 nitrogen and oxygen atoms in total. The topological polar surface area (TPSA) is 69.0 Å². The quantitative estimate of drug-likeness (QED) is 0.610. The van der Waals surface area contributed by atoms with Gasteiger partial charge in [-0.3, -0.25) is 4.79 Å². The molecule has 0 unspecified atom stereocenters. The zero-order chi connectivity index (χ0) is 19.2. The molecule has 0 aliphatic heterocycles. The van der Waals surface area contributed by atoms with Crippen LogP contribution in [0.15, 0.2) is 53.7 Å². The summed E-state index contributed by atoms with van der Waals surface area (Å²) in [6.45, 7) is 0.301. The zero-order valence-electron chi connectivity index (χ0n) is 15.0. The lowest BCUT2D eigenvalue weighted by atomic mass is 10.2. The van der Waals surface area contributed by atoms with Gasteiger partial charge in [0.15, 0.2) is 11.0 Å². The summed E-state index contributed by atoms with van der Waals surface area (Å²) in [5.41, 5.74) is 1.72. The van der Waals surface area contributed by atoms with Crippen molar-refractivity contribution in [3.05, 3.63) is 70.5 Å². The number of rotatable bonds is 7. The maximum absolute atomic E-state index is 12.2. The Bertz CT molecular complexity index is 910. The maximum Gasteiger partial charge on any atom is 0.251 e. The van der Waals surface area contributed by atoms with Crippen molar-refractivity contribution >= 4 is 29.3 Å². The second-order valence-corrected chi connectivity index (χ2v) is 7.16. The minimum atomic E-state index is -0.170. The molecule has 140 valence electrons. The van der Waals surface area contributed by atoms with Crippen LogP contribution >= 0.6 is 23.4 Å². The average molecular weight is 403 g/mol. The minimum absolute atomic E-state index is 0.170. The predicted molar refractivity (Wildman–Crippen MR) is 106 cm³/mol. The zero-order valence-corrected chi connectivity index (χ0v) is 16.5. The fraction of sp³-hybridized carbons (Fsp3) is 0.211. The van der Waals surface area contributed by atoms with E-state index in [0.717, 1.165) is 21.5 Å². The lowest BCUT2D eigenvalue weighted by Gasteiger charge is -2.07. The van der Waals surface area contributed by atoms with Gasteiger partial charge in [-0.1, -0.05) is 35.5 Å². The number of benzene rings is 2. The molecule has 0 bridgehead atoms. The number of hydrogen-bond acceptors (Lipinski definition) is 5. The minimum Gasteiger partial charge on any atom is -0.497 e. The van der Waals surface area contributed by atoms with Gasteiger partial charge in [-0.15, -0.1) is 10.2 Å². The van der Waals surface area contributed by atoms with E-state index >= 15 is 0 Å². The summed E-state index contributed by atoms with van der Waals surface area (Å²) >= 11 is 7.48. The number of ether oxygens (including phenoxy) is 1. The first-order chi connectivity index (χ1) is 13.1. The van der Waals surface area contributed by atoms with Gasteiger partial charge in [0.1, 0.15) is 5.75 Å². The van der Waals surface area contributed by atoms with Crippen LogP contribution in [0.5, 0.6) is 5.75 Å². The molecular weight excluding hydrogens is 384 g/mol. The summed E-state index contributed by atoms with van der Waals surface area (Å²) in [7, 11) is 3.48. The molecule has 27 heavy (non-hydrogen) atoms. The summed E-state index contributed by atoms with van der Waals surface area (Å²) in [5, 5.41) is 12.7. The van der Waals surface area contributed by atoms with Crippen molar-refractivity contribution in [3.8, 4) is 5.75 Å². The van der Waals surface area contributed by atoms with E-state index in [4.69, 9.17) is 16.3 Å². The van der Waals surface area contributed by atoms with E-state index < -0.39 is 0 Å². The molecule has 0 radical (unpaired) electrons. The van der Waals surface area contributed by atoms with Gasteiger partial charge < -0.3 is 14.6 Å². The summed E-state index contributed by atoms with van der Waals surface area (Å²) in [6.07, 6.45) is 0. The van der Waals surface area contributed by atoms with Crippen molar-refractivity contribution in [3.63, 3.8) is 0 Å². The van der Waals surface area contributed by atoms with Crippen molar-refractivity contribution in [1.82, 2.24) is 20.1 Å². The van der Waals surface area contributed by atoms with Crippen molar-refractivity contribution < 1.29 is 9.53 Å². The van der Waals surface area contributed by atoms with E-state index in [1.54, 1.807) is 43.1 Å². The Kier molecular flexibility index (Phi) is 6.36.